The Balaban J connectivity index is 1.75. The monoisotopic (exact) mass is 535 g/mol. The minimum absolute atomic E-state index is 0.0548. The second-order valence-electron chi connectivity index (χ2n) is 10.4. The number of hydrogen-bond acceptors (Lipinski definition) is 10. The molecule has 1 saturated carbocycles. The van der Waals surface area contributed by atoms with Crippen LogP contribution in [0.5, 0.6) is 5.75 Å². The van der Waals surface area contributed by atoms with E-state index in [1.165, 1.54) is 25.1 Å². The first-order valence-corrected chi connectivity index (χ1v) is 12.4. The third-order valence-corrected chi connectivity index (χ3v) is 8.10. The highest BCUT2D eigenvalue weighted by Gasteiger charge is 2.68. The quantitative estimate of drug-likeness (QED) is 0.266. The van der Waals surface area contributed by atoms with Crippen LogP contribution in [0.2, 0.25) is 0 Å². The fourth-order valence-electron chi connectivity index (χ4n) is 6.42. The van der Waals surface area contributed by atoms with E-state index in [-0.39, 0.29) is 17.9 Å². The molecule has 0 aromatic heterocycles. The van der Waals surface area contributed by atoms with Crippen LogP contribution in [0.15, 0.2) is 65.4 Å². The van der Waals surface area contributed by atoms with Crippen LogP contribution in [-0.4, -0.2) is 86.3 Å². The Morgan fingerprint density at radius 2 is 1.72 bits per heavy atom. The van der Waals surface area contributed by atoms with E-state index in [0.717, 1.165) is 5.69 Å². The number of Topliss-reactive ketones (excluding diaryl/α,β-unsaturated/α-hetero) is 2. The highest BCUT2D eigenvalue weighted by Crippen LogP contribution is 2.56. The average Bonchev–Trinajstić information content (AvgIpc) is 2.88. The lowest BCUT2D eigenvalue weighted by Crippen LogP contribution is -2.70. The number of phenolic OH excluding ortho intramolecular Hbond substituents is 1. The molecule has 6 unspecified atom stereocenters. The van der Waals surface area contributed by atoms with Crippen LogP contribution in [0.3, 0.4) is 0 Å². The Kier molecular flexibility index (Phi) is 6.25. The molecule has 6 atom stereocenters. The molecule has 1 amide bonds. The smallest absolute Gasteiger partial charge is 0.255 e. The summed E-state index contributed by atoms with van der Waals surface area (Å²) in [6.07, 6.45) is -1.67. The summed E-state index contributed by atoms with van der Waals surface area (Å²) in [5.41, 5.74) is 2.12. The van der Waals surface area contributed by atoms with Gasteiger partial charge >= 0.3 is 0 Å². The maximum atomic E-state index is 14.1. The first kappa shape index (κ1) is 26.4. The molecule has 204 valence electrons. The molecule has 11 nitrogen and oxygen atoms in total. The lowest BCUT2D eigenvalue weighted by Gasteiger charge is -2.54. The number of anilines is 1. The van der Waals surface area contributed by atoms with E-state index >= 15 is 0 Å². The number of hydrogen-bond donors (Lipinski definition) is 7. The average molecular weight is 536 g/mol. The normalized spacial score (nSPS) is 30.1. The number of carbonyl (C=O) groups excluding carboxylic acids is 3. The number of nitrogens with zero attached hydrogens (tertiary/aromatic N) is 1. The topological polar surface area (TPSA) is 194 Å². The number of carbonyl (C=O) groups is 3. The van der Waals surface area contributed by atoms with Gasteiger partial charge in [0.2, 0.25) is 5.78 Å². The highest BCUT2D eigenvalue weighted by atomic mass is 16.4. The van der Waals surface area contributed by atoms with Crippen LogP contribution >= 0.6 is 0 Å². The zero-order valence-corrected chi connectivity index (χ0v) is 21.2. The molecule has 0 aliphatic heterocycles. The first-order valence-electron chi connectivity index (χ1n) is 12.4. The number of aromatic hydroxyl groups is 1. The standard InChI is InChI=1S/C28H29N3O8/c1-31(2)21-20-23(34)17-14(11-30-12-7-4-3-5-8-12)13-9-6-10-15(32)16(13)22(33)18(17)25(36)28(20,39)26(37)19(24(21)35)27(29)38/h3-10,14,17,20-21,23,30,32-34,37,39H,11H2,1-2H3,(H2,29,38). The zero-order valence-electron chi connectivity index (χ0n) is 21.2. The number of aliphatic hydroxyl groups excluding tert-OH is 3. The van der Waals surface area contributed by atoms with Gasteiger partial charge in [0.1, 0.15) is 22.8 Å². The van der Waals surface area contributed by atoms with E-state index in [2.05, 4.69) is 5.32 Å². The SMILES string of the molecule is CN(C)C1C(=O)C(C(N)=O)=C(O)C2(O)C(=O)C3=C(O)c4c(O)cccc4C(CNc4ccccc4)C3C(O)C12. The number of benzene rings is 2. The molecule has 5 rings (SSSR count). The molecule has 2 aromatic carbocycles. The van der Waals surface area contributed by atoms with Gasteiger partial charge in [-0.1, -0.05) is 30.3 Å². The molecule has 0 radical (unpaired) electrons. The van der Waals surface area contributed by atoms with Gasteiger partial charge in [-0.2, -0.15) is 0 Å². The van der Waals surface area contributed by atoms with E-state index < -0.39 is 75.6 Å². The summed E-state index contributed by atoms with van der Waals surface area (Å²) >= 11 is 0. The lowest BCUT2D eigenvalue weighted by atomic mass is 9.54. The summed E-state index contributed by atoms with van der Waals surface area (Å²) in [5, 5.41) is 59.9. The molecule has 2 aromatic rings. The number of ketones is 2. The minimum Gasteiger partial charge on any atom is -0.508 e. The summed E-state index contributed by atoms with van der Waals surface area (Å²) in [4.78, 5) is 40.9. The fourth-order valence-corrected chi connectivity index (χ4v) is 6.42. The van der Waals surface area contributed by atoms with Gasteiger partial charge in [0.15, 0.2) is 11.4 Å². The van der Waals surface area contributed by atoms with E-state index in [4.69, 9.17) is 5.73 Å². The Hall–Kier alpha value is -4.19. The molecule has 0 saturated heterocycles. The van der Waals surface area contributed by atoms with Gasteiger partial charge in [-0.15, -0.1) is 0 Å². The van der Waals surface area contributed by atoms with Crippen molar-refractivity contribution in [2.75, 3.05) is 26.0 Å². The number of rotatable bonds is 5. The summed E-state index contributed by atoms with van der Waals surface area (Å²) < 4.78 is 0. The Morgan fingerprint density at radius 1 is 1.05 bits per heavy atom. The van der Waals surface area contributed by atoms with Gasteiger partial charge in [0.05, 0.1) is 23.6 Å². The van der Waals surface area contributed by atoms with Crippen molar-refractivity contribution in [2.45, 2.75) is 23.7 Å². The minimum atomic E-state index is -2.95. The second-order valence-corrected chi connectivity index (χ2v) is 10.4. The van der Waals surface area contributed by atoms with Crippen molar-refractivity contribution in [3.8, 4) is 5.75 Å². The predicted octanol–water partition coefficient (Wildman–Crippen LogP) is 0.588. The van der Waals surface area contributed by atoms with Crippen molar-refractivity contribution in [1.29, 1.82) is 0 Å². The van der Waals surface area contributed by atoms with Gasteiger partial charge < -0.3 is 36.6 Å². The van der Waals surface area contributed by atoms with Crippen LogP contribution in [0, 0.1) is 11.8 Å². The number of amides is 1. The van der Waals surface area contributed by atoms with Crippen molar-refractivity contribution in [3.05, 3.63) is 76.6 Å². The fraction of sp³-hybridized carbons (Fsp3) is 0.321. The molecule has 0 heterocycles. The Labute approximate surface area is 223 Å². The summed E-state index contributed by atoms with van der Waals surface area (Å²) in [5.74, 6) is -9.29. The number of nitrogens with two attached hydrogens (primary N) is 1. The predicted molar refractivity (Wildman–Crippen MR) is 140 cm³/mol. The van der Waals surface area contributed by atoms with Crippen LogP contribution < -0.4 is 11.1 Å². The number of para-hydroxylation sites is 1. The van der Waals surface area contributed by atoms with Crippen molar-refractivity contribution in [3.63, 3.8) is 0 Å². The molecular weight excluding hydrogens is 506 g/mol. The number of likely N-dealkylation sites (N-methyl/N-ethyl adjacent to an activating group) is 1. The third kappa shape index (κ3) is 3.65. The van der Waals surface area contributed by atoms with E-state index in [9.17, 15) is 39.9 Å². The molecule has 0 spiro atoms. The van der Waals surface area contributed by atoms with Gasteiger partial charge in [0.25, 0.3) is 5.91 Å². The molecule has 8 N–H and O–H groups in total. The maximum Gasteiger partial charge on any atom is 0.255 e. The Morgan fingerprint density at radius 3 is 2.33 bits per heavy atom. The molecule has 3 aliphatic carbocycles. The summed E-state index contributed by atoms with van der Waals surface area (Å²) in [6, 6.07) is 12.2. The van der Waals surface area contributed by atoms with Gasteiger partial charge in [-0.25, -0.2) is 0 Å². The number of nitrogens with one attached hydrogen (secondary N) is 1. The number of fused-ring (bicyclic) bond motifs is 3. The number of phenols is 1. The van der Waals surface area contributed by atoms with E-state index in [1.54, 1.807) is 12.1 Å². The van der Waals surface area contributed by atoms with Crippen molar-refractivity contribution < 1.29 is 39.9 Å². The van der Waals surface area contributed by atoms with E-state index in [0.29, 0.717) is 5.56 Å². The number of primary amides is 1. The summed E-state index contributed by atoms with van der Waals surface area (Å²) in [7, 11) is 2.93. The molecule has 1 fully saturated rings. The highest BCUT2D eigenvalue weighted by molar-refractivity contribution is 6.24. The lowest BCUT2D eigenvalue weighted by molar-refractivity contribution is -0.169. The van der Waals surface area contributed by atoms with Crippen LogP contribution in [0.25, 0.3) is 5.76 Å². The van der Waals surface area contributed by atoms with Crippen LogP contribution in [-0.2, 0) is 14.4 Å². The summed E-state index contributed by atoms with van der Waals surface area (Å²) in [6.45, 7) is 0.131. The largest absolute Gasteiger partial charge is 0.508 e. The van der Waals surface area contributed by atoms with Gasteiger partial charge in [-0.3, -0.25) is 19.3 Å². The number of aliphatic hydroxyl groups is 4. The second kappa shape index (κ2) is 9.23. The van der Waals surface area contributed by atoms with Gasteiger partial charge in [0, 0.05) is 29.6 Å². The molecule has 39 heavy (non-hydrogen) atoms. The third-order valence-electron chi connectivity index (χ3n) is 8.10. The molecule has 0 bridgehead atoms. The zero-order chi connectivity index (χ0) is 28.4. The molecule has 3 aliphatic rings. The van der Waals surface area contributed by atoms with E-state index in [1.807, 2.05) is 30.3 Å². The van der Waals surface area contributed by atoms with Crippen molar-refractivity contribution in [1.82, 2.24) is 4.90 Å². The van der Waals surface area contributed by atoms with Crippen molar-refractivity contribution in [2.24, 2.45) is 17.6 Å². The van der Waals surface area contributed by atoms with Crippen molar-refractivity contribution >= 4 is 28.9 Å². The van der Waals surface area contributed by atoms with Crippen LogP contribution in [0.1, 0.15) is 17.0 Å². The molecular formula is C28H29N3O8. The van der Waals surface area contributed by atoms with Gasteiger partial charge in [-0.05, 0) is 37.9 Å². The first-order chi connectivity index (χ1) is 18.4. The van der Waals surface area contributed by atoms with Crippen LogP contribution in [0.4, 0.5) is 5.69 Å². The Bertz CT molecular complexity index is 1450. The maximum absolute atomic E-state index is 14.1. The molecule has 11 heteroatoms.